The number of hydrogen-bond acceptors (Lipinski definition) is 1. The maximum atomic E-state index is 12.4. The van der Waals surface area contributed by atoms with E-state index in [0.717, 1.165) is 0 Å². The molecule has 0 aliphatic heterocycles. The Morgan fingerprint density at radius 1 is 1.33 bits per heavy atom. The van der Waals surface area contributed by atoms with Gasteiger partial charge in [-0.25, -0.2) is 4.39 Å². The van der Waals surface area contributed by atoms with Crippen LogP contribution in [0.1, 0.15) is 0 Å². The van der Waals surface area contributed by atoms with Crippen LogP contribution in [0.4, 0.5) is 4.39 Å². The Labute approximate surface area is 53.4 Å². The molecule has 0 atom stereocenters. The minimum Gasteiger partial charge on any atom is -0.449 e. The summed E-state index contributed by atoms with van der Waals surface area (Å²) in [6.07, 6.45) is 0. The van der Waals surface area contributed by atoms with Crippen LogP contribution in [-0.2, 0) is 0 Å². The van der Waals surface area contributed by atoms with Crippen LogP contribution in [0.2, 0.25) is 0 Å². The summed E-state index contributed by atoms with van der Waals surface area (Å²) in [5.74, 6) is -0.347. The Morgan fingerprint density at radius 3 is 2.44 bits per heavy atom. The molecule has 0 aliphatic rings. The monoisotopic (exact) mass is 124 g/mol. The van der Waals surface area contributed by atoms with Gasteiger partial charge in [-0.2, -0.15) is 0 Å². The molecule has 0 amide bonds. The van der Waals surface area contributed by atoms with Crippen molar-refractivity contribution in [1.82, 2.24) is 0 Å². The van der Waals surface area contributed by atoms with Gasteiger partial charge in [-0.3, -0.25) is 0 Å². The Hall–Kier alpha value is -0.825. The minimum absolute atomic E-state index is 0.229. The molecule has 0 bridgehead atoms. The Bertz CT molecular complexity index is 202. The van der Waals surface area contributed by atoms with E-state index in [9.17, 15) is 4.39 Å². The number of rotatable bonds is 1. The van der Waals surface area contributed by atoms with Crippen molar-refractivity contribution < 1.29 is 9.41 Å². The van der Waals surface area contributed by atoms with Crippen LogP contribution < -0.4 is 5.46 Å². The summed E-state index contributed by atoms with van der Waals surface area (Å²) in [6.45, 7) is 0. The van der Waals surface area contributed by atoms with Crippen molar-refractivity contribution >= 4 is 12.9 Å². The molecule has 0 heterocycles. The van der Waals surface area contributed by atoms with E-state index < -0.39 is 0 Å². The van der Waals surface area contributed by atoms with E-state index in [4.69, 9.17) is 5.02 Å². The summed E-state index contributed by atoms with van der Waals surface area (Å²) in [4.78, 5) is 0. The second kappa shape index (κ2) is 2.64. The Kier molecular flexibility index (Phi) is 1.85. The lowest BCUT2D eigenvalue weighted by Crippen LogP contribution is -2.16. The molecular weight excluding hydrogens is 118 g/mol. The van der Waals surface area contributed by atoms with E-state index in [1.807, 2.05) is 0 Å². The van der Waals surface area contributed by atoms with Crippen LogP contribution in [0, 0.1) is 5.82 Å². The predicted octanol–water partition coefficient (Wildman–Crippen LogP) is -0.205. The van der Waals surface area contributed by atoms with Gasteiger partial charge in [-0.1, -0.05) is 18.2 Å². The van der Waals surface area contributed by atoms with E-state index in [1.165, 1.54) is 6.07 Å². The fourth-order valence-corrected chi connectivity index (χ4v) is 0.627. The van der Waals surface area contributed by atoms with Crippen molar-refractivity contribution in [1.29, 1.82) is 0 Å². The van der Waals surface area contributed by atoms with Gasteiger partial charge in [0.05, 0.1) is 0 Å². The second-order valence-electron chi connectivity index (χ2n) is 1.75. The third-order valence-electron chi connectivity index (χ3n) is 1.13. The third kappa shape index (κ3) is 1.30. The van der Waals surface area contributed by atoms with Crippen LogP contribution in [0.5, 0.6) is 0 Å². The first-order valence-corrected chi connectivity index (χ1v) is 2.69. The third-order valence-corrected chi connectivity index (χ3v) is 1.13. The largest absolute Gasteiger partial charge is 0.449 e. The SMILES string of the molecule is OBc1ccccc1F. The van der Waals surface area contributed by atoms with E-state index in [0.29, 0.717) is 5.46 Å². The molecule has 0 fully saturated rings. The lowest BCUT2D eigenvalue weighted by atomic mass is 9.88. The van der Waals surface area contributed by atoms with Crippen molar-refractivity contribution in [3.8, 4) is 0 Å². The highest BCUT2D eigenvalue weighted by molar-refractivity contribution is 6.45. The highest BCUT2D eigenvalue weighted by Gasteiger charge is 1.97. The van der Waals surface area contributed by atoms with Gasteiger partial charge in [0, 0.05) is 0 Å². The van der Waals surface area contributed by atoms with Crippen molar-refractivity contribution in [2.24, 2.45) is 0 Å². The van der Waals surface area contributed by atoms with Crippen LogP contribution in [0.25, 0.3) is 0 Å². The molecule has 3 heteroatoms. The van der Waals surface area contributed by atoms with Crippen LogP contribution in [0.3, 0.4) is 0 Å². The van der Waals surface area contributed by atoms with Gasteiger partial charge < -0.3 is 5.02 Å². The number of halogens is 1. The Balaban J connectivity index is 3.01. The molecule has 0 unspecified atom stereocenters. The van der Waals surface area contributed by atoms with Gasteiger partial charge in [0.25, 0.3) is 0 Å². The Morgan fingerprint density at radius 2 is 2.00 bits per heavy atom. The zero-order valence-corrected chi connectivity index (χ0v) is 4.84. The van der Waals surface area contributed by atoms with Gasteiger partial charge >= 0.3 is 7.48 Å². The molecular formula is C6H6BFO. The zero-order chi connectivity index (χ0) is 6.69. The molecule has 1 aromatic carbocycles. The van der Waals surface area contributed by atoms with Crippen LogP contribution >= 0.6 is 0 Å². The van der Waals surface area contributed by atoms with Crippen molar-refractivity contribution in [2.75, 3.05) is 0 Å². The molecule has 0 spiro atoms. The quantitative estimate of drug-likeness (QED) is 0.513. The molecule has 0 aliphatic carbocycles. The van der Waals surface area contributed by atoms with Crippen molar-refractivity contribution in [3.05, 3.63) is 30.1 Å². The predicted molar refractivity (Wildman–Crippen MR) is 35.4 cm³/mol. The minimum atomic E-state index is -0.347. The molecule has 1 aromatic rings. The summed E-state index contributed by atoms with van der Waals surface area (Å²) in [6, 6.07) is 6.16. The van der Waals surface area contributed by atoms with Gasteiger partial charge in [0.15, 0.2) is 0 Å². The lowest BCUT2D eigenvalue weighted by Gasteiger charge is -1.92. The molecule has 0 saturated carbocycles. The fourth-order valence-electron chi connectivity index (χ4n) is 0.627. The molecule has 0 aromatic heterocycles. The zero-order valence-electron chi connectivity index (χ0n) is 4.84. The average molecular weight is 124 g/mol. The molecule has 1 nitrogen and oxygen atoms in total. The normalized spacial score (nSPS) is 9.11. The summed E-state index contributed by atoms with van der Waals surface area (Å²) in [5.41, 5.74) is 0.345. The van der Waals surface area contributed by atoms with Gasteiger partial charge in [0.2, 0.25) is 0 Å². The summed E-state index contributed by atoms with van der Waals surface area (Å²) in [5, 5.41) is 8.48. The van der Waals surface area contributed by atoms with Crippen molar-refractivity contribution in [3.63, 3.8) is 0 Å². The van der Waals surface area contributed by atoms with E-state index >= 15 is 0 Å². The average Bonchev–Trinajstić information content (AvgIpc) is 1.89. The highest BCUT2D eigenvalue weighted by atomic mass is 19.1. The highest BCUT2D eigenvalue weighted by Crippen LogP contribution is 1.89. The van der Waals surface area contributed by atoms with E-state index in [2.05, 4.69) is 0 Å². The summed E-state index contributed by atoms with van der Waals surface area (Å²) >= 11 is 0. The van der Waals surface area contributed by atoms with Crippen LogP contribution in [0.15, 0.2) is 24.3 Å². The van der Waals surface area contributed by atoms with Gasteiger partial charge in [-0.05, 0) is 11.5 Å². The molecule has 1 N–H and O–H groups in total. The molecule has 9 heavy (non-hydrogen) atoms. The molecule has 46 valence electrons. The van der Waals surface area contributed by atoms with E-state index in [1.54, 1.807) is 18.2 Å². The molecule has 0 radical (unpaired) electrons. The van der Waals surface area contributed by atoms with E-state index in [-0.39, 0.29) is 13.3 Å². The standard InChI is InChI=1S/C6H6BFO/c8-6-4-2-1-3-5(6)7-9/h1-4,7,9H. The first-order chi connectivity index (χ1) is 4.34. The van der Waals surface area contributed by atoms with Crippen LogP contribution in [-0.4, -0.2) is 12.5 Å². The first-order valence-electron chi connectivity index (χ1n) is 2.69. The topological polar surface area (TPSA) is 20.2 Å². The fraction of sp³-hybridized carbons (Fsp3) is 0. The maximum Gasteiger partial charge on any atom is 0.307 e. The van der Waals surface area contributed by atoms with Gasteiger partial charge in [0.1, 0.15) is 5.82 Å². The maximum absolute atomic E-state index is 12.4. The summed E-state index contributed by atoms with van der Waals surface area (Å²) in [7, 11) is -0.229. The number of benzene rings is 1. The first kappa shape index (κ1) is 6.30. The lowest BCUT2D eigenvalue weighted by molar-refractivity contribution is 0.602. The molecule has 0 saturated heterocycles. The van der Waals surface area contributed by atoms with Gasteiger partial charge in [-0.15, -0.1) is 0 Å². The second-order valence-corrected chi connectivity index (χ2v) is 1.75. The smallest absolute Gasteiger partial charge is 0.307 e. The molecule has 1 rings (SSSR count). The number of hydrogen-bond donors (Lipinski definition) is 1. The summed E-state index contributed by atoms with van der Waals surface area (Å²) < 4.78 is 12.4. The van der Waals surface area contributed by atoms with Crippen molar-refractivity contribution in [2.45, 2.75) is 0 Å².